The number of pyridine rings is 1. The molecular formula is C21H19N3O2S. The van der Waals surface area contributed by atoms with Crippen LogP contribution >= 0.6 is 11.8 Å². The van der Waals surface area contributed by atoms with E-state index in [1.807, 2.05) is 30.3 Å². The van der Waals surface area contributed by atoms with Crippen LogP contribution in [0.2, 0.25) is 0 Å². The maximum Gasteiger partial charge on any atom is 0.226 e. The Bertz CT molecular complexity index is 990. The van der Waals surface area contributed by atoms with Crippen LogP contribution in [-0.4, -0.2) is 17.1 Å². The van der Waals surface area contributed by atoms with Gasteiger partial charge in [-0.15, -0.1) is 0 Å². The van der Waals surface area contributed by atoms with Gasteiger partial charge in [-0.05, 0) is 61.6 Å². The minimum atomic E-state index is 0.576. The third kappa shape index (κ3) is 3.83. The Morgan fingerprint density at radius 2 is 2.00 bits per heavy atom. The molecule has 27 heavy (non-hydrogen) atoms. The van der Waals surface area contributed by atoms with Crippen molar-refractivity contribution in [1.29, 1.82) is 5.26 Å². The van der Waals surface area contributed by atoms with E-state index in [-0.39, 0.29) is 0 Å². The van der Waals surface area contributed by atoms with Gasteiger partial charge in [0.1, 0.15) is 23.1 Å². The normalized spacial score (nSPS) is 13.0. The van der Waals surface area contributed by atoms with Crippen LogP contribution in [-0.2, 0) is 18.6 Å². The van der Waals surface area contributed by atoms with E-state index < -0.39 is 0 Å². The molecule has 0 aliphatic heterocycles. The maximum absolute atomic E-state index is 9.47. The summed E-state index contributed by atoms with van der Waals surface area (Å²) in [6, 6.07) is 11.9. The standard InChI is InChI=1S/C21H19N3O2S/c1-25-18-8-6-14(7-9-18)20-23-17(12-26-20)13-27-21-16(11-22)10-15-4-2-3-5-19(15)24-21/h6-10,12H,2-5,13H2,1H3. The van der Waals surface area contributed by atoms with Crippen molar-refractivity contribution in [2.45, 2.75) is 36.5 Å². The molecule has 0 spiro atoms. The lowest BCUT2D eigenvalue weighted by molar-refractivity contribution is 0.415. The molecule has 2 heterocycles. The lowest BCUT2D eigenvalue weighted by atomic mass is 9.95. The van der Waals surface area contributed by atoms with Gasteiger partial charge < -0.3 is 9.15 Å². The van der Waals surface area contributed by atoms with Crippen LogP contribution < -0.4 is 4.74 Å². The van der Waals surface area contributed by atoms with Crippen molar-refractivity contribution >= 4 is 11.8 Å². The van der Waals surface area contributed by atoms with Gasteiger partial charge in [-0.25, -0.2) is 9.97 Å². The van der Waals surface area contributed by atoms with Crippen LogP contribution in [0.25, 0.3) is 11.5 Å². The molecule has 2 aromatic heterocycles. The van der Waals surface area contributed by atoms with Crippen LogP contribution in [0.15, 0.2) is 46.0 Å². The van der Waals surface area contributed by atoms with Crippen LogP contribution in [0.5, 0.6) is 5.75 Å². The number of thioether (sulfide) groups is 1. The fourth-order valence-electron chi connectivity index (χ4n) is 3.19. The summed E-state index contributed by atoms with van der Waals surface area (Å²) in [4.78, 5) is 9.31. The highest BCUT2D eigenvalue weighted by molar-refractivity contribution is 7.98. The Balaban J connectivity index is 1.49. The van der Waals surface area contributed by atoms with E-state index in [0.29, 0.717) is 17.2 Å². The molecular weight excluding hydrogens is 358 g/mol. The van der Waals surface area contributed by atoms with Crippen molar-refractivity contribution in [2.24, 2.45) is 0 Å². The molecule has 1 aliphatic rings. The molecule has 0 saturated heterocycles. The van der Waals surface area contributed by atoms with E-state index in [2.05, 4.69) is 11.1 Å². The van der Waals surface area contributed by atoms with Crippen molar-refractivity contribution in [2.75, 3.05) is 7.11 Å². The number of nitrogens with zero attached hydrogens (tertiary/aromatic N) is 3. The second-order valence-electron chi connectivity index (χ2n) is 6.43. The van der Waals surface area contributed by atoms with Crippen LogP contribution in [0, 0.1) is 11.3 Å². The second-order valence-corrected chi connectivity index (χ2v) is 7.39. The Kier molecular flexibility index (Phi) is 5.12. The Hall–Kier alpha value is -2.78. The second kappa shape index (κ2) is 7.85. The van der Waals surface area contributed by atoms with Crippen LogP contribution in [0.3, 0.4) is 0 Å². The number of hydrogen-bond acceptors (Lipinski definition) is 6. The van der Waals surface area contributed by atoms with E-state index in [9.17, 15) is 5.26 Å². The Morgan fingerprint density at radius 1 is 1.19 bits per heavy atom. The number of rotatable bonds is 5. The van der Waals surface area contributed by atoms with Crippen molar-refractivity contribution < 1.29 is 9.15 Å². The molecule has 1 aromatic carbocycles. The van der Waals surface area contributed by atoms with Crippen LogP contribution in [0.1, 0.15) is 35.4 Å². The number of ether oxygens (including phenoxy) is 1. The van der Waals surface area contributed by atoms with Crippen molar-refractivity contribution in [1.82, 2.24) is 9.97 Å². The summed E-state index contributed by atoms with van der Waals surface area (Å²) >= 11 is 1.54. The molecule has 0 N–H and O–H groups in total. The van der Waals surface area contributed by atoms with Crippen molar-refractivity contribution in [3.8, 4) is 23.3 Å². The zero-order valence-electron chi connectivity index (χ0n) is 15.1. The molecule has 1 aliphatic carbocycles. The molecule has 4 rings (SSSR count). The fraction of sp³-hybridized carbons (Fsp3) is 0.286. The predicted octanol–water partition coefficient (Wildman–Crippen LogP) is 4.79. The van der Waals surface area contributed by atoms with Gasteiger partial charge in [-0.1, -0.05) is 11.8 Å². The molecule has 0 bridgehead atoms. The first kappa shape index (κ1) is 17.6. The summed E-state index contributed by atoms with van der Waals surface area (Å²) in [5.74, 6) is 1.98. The van der Waals surface area contributed by atoms with E-state index in [4.69, 9.17) is 14.1 Å². The highest BCUT2D eigenvalue weighted by Crippen LogP contribution is 2.30. The number of benzene rings is 1. The summed E-state index contributed by atoms with van der Waals surface area (Å²) in [5, 5.41) is 10.2. The summed E-state index contributed by atoms with van der Waals surface area (Å²) in [6.45, 7) is 0. The minimum Gasteiger partial charge on any atom is -0.497 e. The largest absolute Gasteiger partial charge is 0.497 e. The third-order valence-electron chi connectivity index (χ3n) is 4.63. The maximum atomic E-state index is 9.47. The number of nitriles is 1. The lowest BCUT2D eigenvalue weighted by Crippen LogP contribution is -2.07. The average molecular weight is 377 g/mol. The Morgan fingerprint density at radius 3 is 2.78 bits per heavy atom. The highest BCUT2D eigenvalue weighted by atomic mass is 32.2. The number of aromatic nitrogens is 2. The van der Waals surface area contributed by atoms with Crippen molar-refractivity contribution in [3.63, 3.8) is 0 Å². The zero-order valence-corrected chi connectivity index (χ0v) is 15.9. The number of aryl methyl sites for hydroxylation is 2. The van der Waals surface area contributed by atoms with E-state index in [1.165, 1.54) is 30.2 Å². The molecule has 136 valence electrons. The number of methoxy groups -OCH3 is 1. The monoisotopic (exact) mass is 377 g/mol. The van der Waals surface area contributed by atoms with E-state index in [0.717, 1.165) is 40.6 Å². The van der Waals surface area contributed by atoms with Gasteiger partial charge in [0.05, 0.1) is 18.4 Å². The summed E-state index contributed by atoms with van der Waals surface area (Å²) in [6.07, 6.45) is 6.04. The van der Waals surface area contributed by atoms with Gasteiger partial charge in [0.2, 0.25) is 5.89 Å². The molecule has 0 radical (unpaired) electrons. The minimum absolute atomic E-state index is 0.576. The third-order valence-corrected chi connectivity index (χ3v) is 5.66. The number of fused-ring (bicyclic) bond motifs is 1. The summed E-state index contributed by atoms with van der Waals surface area (Å²) in [7, 11) is 1.64. The molecule has 6 heteroatoms. The first-order valence-corrected chi connectivity index (χ1v) is 9.90. The van der Waals surface area contributed by atoms with Crippen molar-refractivity contribution in [3.05, 3.63) is 59.1 Å². The Labute approximate surface area is 162 Å². The first-order chi connectivity index (χ1) is 13.3. The molecule has 0 atom stereocenters. The first-order valence-electron chi connectivity index (χ1n) is 8.91. The predicted molar refractivity (Wildman–Crippen MR) is 104 cm³/mol. The topological polar surface area (TPSA) is 71.9 Å². The van der Waals surface area contributed by atoms with Gasteiger partial charge in [0, 0.05) is 17.0 Å². The number of hydrogen-bond donors (Lipinski definition) is 0. The molecule has 3 aromatic rings. The number of oxazole rings is 1. The molecule has 0 fully saturated rings. The summed E-state index contributed by atoms with van der Waals surface area (Å²) < 4.78 is 10.8. The molecule has 0 unspecified atom stereocenters. The quantitative estimate of drug-likeness (QED) is 0.596. The van der Waals surface area contributed by atoms with Crippen LogP contribution in [0.4, 0.5) is 0 Å². The molecule has 5 nitrogen and oxygen atoms in total. The van der Waals surface area contributed by atoms with Gasteiger partial charge in [0.25, 0.3) is 0 Å². The SMILES string of the molecule is COc1ccc(-c2nc(CSc3nc4c(cc3C#N)CCCC4)co2)cc1. The fourth-order valence-corrected chi connectivity index (χ4v) is 4.04. The van der Waals surface area contributed by atoms with Gasteiger partial charge in [-0.2, -0.15) is 5.26 Å². The lowest BCUT2D eigenvalue weighted by Gasteiger charge is -2.16. The van der Waals surface area contributed by atoms with Gasteiger partial charge in [0.15, 0.2) is 0 Å². The molecule has 0 saturated carbocycles. The highest BCUT2D eigenvalue weighted by Gasteiger charge is 2.16. The average Bonchev–Trinajstić information content (AvgIpc) is 3.20. The van der Waals surface area contributed by atoms with Gasteiger partial charge in [-0.3, -0.25) is 0 Å². The van der Waals surface area contributed by atoms with E-state index >= 15 is 0 Å². The summed E-state index contributed by atoms with van der Waals surface area (Å²) in [5.41, 5.74) is 4.75. The smallest absolute Gasteiger partial charge is 0.226 e. The molecule has 0 amide bonds. The van der Waals surface area contributed by atoms with Gasteiger partial charge >= 0.3 is 0 Å². The zero-order chi connectivity index (χ0) is 18.6. The van der Waals surface area contributed by atoms with E-state index in [1.54, 1.807) is 13.4 Å².